The van der Waals surface area contributed by atoms with E-state index in [9.17, 15) is 4.79 Å². The molecule has 1 saturated heterocycles. The van der Waals surface area contributed by atoms with Gasteiger partial charge in [-0.1, -0.05) is 6.07 Å². The number of fused-ring (bicyclic) bond motifs is 1. The van der Waals surface area contributed by atoms with Crippen LogP contribution in [0.4, 0.5) is 5.95 Å². The fraction of sp³-hybridized carbons (Fsp3) is 0.364. The second-order valence-electron chi connectivity index (χ2n) is 4.00. The highest BCUT2D eigenvalue weighted by molar-refractivity contribution is 5.91. The van der Waals surface area contributed by atoms with Gasteiger partial charge in [0.05, 0.1) is 12.5 Å². The van der Waals surface area contributed by atoms with Gasteiger partial charge in [-0.3, -0.25) is 14.5 Å². The lowest BCUT2D eigenvalue weighted by molar-refractivity contribution is -0.119. The summed E-state index contributed by atoms with van der Waals surface area (Å²) in [7, 11) is 0. The van der Waals surface area contributed by atoms with Crippen LogP contribution in [0.15, 0.2) is 24.4 Å². The molecule has 0 radical (unpaired) electrons. The molecule has 6 nitrogen and oxygen atoms in total. The Morgan fingerprint density at radius 1 is 1.47 bits per heavy atom. The highest BCUT2D eigenvalue weighted by atomic mass is 16.5. The number of pyridine rings is 1. The van der Waals surface area contributed by atoms with Crippen LogP contribution < -0.4 is 5.32 Å². The minimum atomic E-state index is -0.0777. The average Bonchev–Trinajstić information content (AvgIpc) is 2.98. The standard InChI is InChI=1S/C11H12N4O2/c16-10(8-4-6-17-7-8)12-11-14-13-9-3-1-2-5-15(9)11/h1-3,5,8H,4,6-7H2,(H,12,14,16). The number of nitrogens with one attached hydrogen (secondary N) is 1. The Bertz CT molecular complexity index is 545. The predicted molar refractivity (Wildman–Crippen MR) is 60.5 cm³/mol. The summed E-state index contributed by atoms with van der Waals surface area (Å²) in [5.74, 6) is 0.323. The highest BCUT2D eigenvalue weighted by Crippen LogP contribution is 2.15. The Morgan fingerprint density at radius 2 is 2.41 bits per heavy atom. The number of ether oxygens (including phenoxy) is 1. The smallest absolute Gasteiger partial charge is 0.235 e. The zero-order chi connectivity index (χ0) is 11.7. The van der Waals surface area contributed by atoms with Gasteiger partial charge in [-0.2, -0.15) is 0 Å². The molecule has 1 aliphatic heterocycles. The topological polar surface area (TPSA) is 68.5 Å². The Balaban J connectivity index is 1.82. The molecule has 1 unspecified atom stereocenters. The number of rotatable bonds is 2. The molecule has 3 heterocycles. The maximum absolute atomic E-state index is 11.9. The van der Waals surface area contributed by atoms with E-state index in [1.807, 2.05) is 24.4 Å². The maximum atomic E-state index is 11.9. The third kappa shape index (κ3) is 1.87. The first-order valence-electron chi connectivity index (χ1n) is 5.53. The van der Waals surface area contributed by atoms with Crippen molar-refractivity contribution in [3.05, 3.63) is 24.4 Å². The zero-order valence-electron chi connectivity index (χ0n) is 9.17. The van der Waals surface area contributed by atoms with Crippen molar-refractivity contribution in [2.45, 2.75) is 6.42 Å². The van der Waals surface area contributed by atoms with Crippen molar-refractivity contribution >= 4 is 17.5 Å². The molecule has 17 heavy (non-hydrogen) atoms. The van der Waals surface area contributed by atoms with Crippen LogP contribution in [0.2, 0.25) is 0 Å². The molecule has 0 aromatic carbocycles. The van der Waals surface area contributed by atoms with Gasteiger partial charge in [-0.15, -0.1) is 10.2 Å². The number of carbonyl (C=O) groups excluding carboxylic acids is 1. The summed E-state index contributed by atoms with van der Waals surface area (Å²) in [5, 5.41) is 10.7. The molecule has 0 spiro atoms. The number of carbonyl (C=O) groups is 1. The maximum Gasteiger partial charge on any atom is 0.235 e. The molecule has 2 aromatic rings. The SMILES string of the molecule is O=C(Nc1nnc2ccccn12)C1CCOC1. The second kappa shape index (κ2) is 4.14. The van der Waals surface area contributed by atoms with E-state index in [0.717, 1.165) is 6.42 Å². The van der Waals surface area contributed by atoms with Crippen LogP contribution in [0.5, 0.6) is 0 Å². The number of nitrogens with zero attached hydrogens (tertiary/aromatic N) is 3. The quantitative estimate of drug-likeness (QED) is 0.827. The van der Waals surface area contributed by atoms with Crippen LogP contribution in [0.25, 0.3) is 5.65 Å². The lowest BCUT2D eigenvalue weighted by Crippen LogP contribution is -2.24. The third-order valence-corrected chi connectivity index (χ3v) is 2.85. The van der Waals surface area contributed by atoms with Gasteiger partial charge in [0.2, 0.25) is 11.9 Å². The summed E-state index contributed by atoms with van der Waals surface area (Å²) in [6.45, 7) is 1.14. The van der Waals surface area contributed by atoms with Crippen molar-refractivity contribution in [2.24, 2.45) is 5.92 Å². The van der Waals surface area contributed by atoms with Gasteiger partial charge >= 0.3 is 0 Å². The van der Waals surface area contributed by atoms with Crippen molar-refractivity contribution in [3.63, 3.8) is 0 Å². The predicted octanol–water partition coefficient (Wildman–Crippen LogP) is 0.704. The molecule has 1 aliphatic rings. The number of anilines is 1. The molecule has 0 bridgehead atoms. The third-order valence-electron chi connectivity index (χ3n) is 2.85. The summed E-state index contributed by atoms with van der Waals surface area (Å²) in [6.07, 6.45) is 2.58. The molecule has 1 fully saturated rings. The first-order chi connectivity index (χ1) is 8.34. The van der Waals surface area contributed by atoms with Gasteiger partial charge in [-0.25, -0.2) is 0 Å². The molecular formula is C11H12N4O2. The number of hydrogen-bond acceptors (Lipinski definition) is 4. The molecule has 0 aliphatic carbocycles. The van der Waals surface area contributed by atoms with Gasteiger partial charge in [0, 0.05) is 12.8 Å². The Labute approximate surface area is 97.6 Å². The molecule has 3 rings (SSSR count). The van der Waals surface area contributed by atoms with Gasteiger partial charge < -0.3 is 4.74 Å². The van der Waals surface area contributed by atoms with Crippen molar-refractivity contribution in [1.29, 1.82) is 0 Å². The molecule has 2 aromatic heterocycles. The lowest BCUT2D eigenvalue weighted by Gasteiger charge is -2.07. The van der Waals surface area contributed by atoms with E-state index in [1.54, 1.807) is 4.40 Å². The first-order valence-corrected chi connectivity index (χ1v) is 5.53. The summed E-state index contributed by atoms with van der Waals surface area (Å²) >= 11 is 0. The Kier molecular flexibility index (Phi) is 2.49. The summed E-state index contributed by atoms with van der Waals surface area (Å²) in [4.78, 5) is 11.9. The first kappa shape index (κ1) is 10.2. The van der Waals surface area contributed by atoms with Crippen molar-refractivity contribution in [3.8, 4) is 0 Å². The van der Waals surface area contributed by atoms with Gasteiger partial charge in [-0.05, 0) is 18.6 Å². The van der Waals surface area contributed by atoms with E-state index in [4.69, 9.17) is 4.74 Å². The lowest BCUT2D eigenvalue weighted by atomic mass is 10.1. The van der Waals surface area contributed by atoms with Gasteiger partial charge in [0.25, 0.3) is 0 Å². The van der Waals surface area contributed by atoms with Crippen molar-refractivity contribution in [1.82, 2.24) is 14.6 Å². The minimum Gasteiger partial charge on any atom is -0.381 e. The Morgan fingerprint density at radius 3 is 3.24 bits per heavy atom. The molecular weight excluding hydrogens is 220 g/mol. The normalized spacial score (nSPS) is 19.6. The van der Waals surface area contributed by atoms with E-state index in [2.05, 4.69) is 15.5 Å². The molecule has 1 N–H and O–H groups in total. The van der Waals surface area contributed by atoms with E-state index in [1.165, 1.54) is 0 Å². The van der Waals surface area contributed by atoms with Crippen molar-refractivity contribution in [2.75, 3.05) is 18.5 Å². The van der Waals surface area contributed by atoms with Crippen LogP contribution in [0.1, 0.15) is 6.42 Å². The van der Waals surface area contributed by atoms with Crippen LogP contribution in [-0.2, 0) is 9.53 Å². The van der Waals surface area contributed by atoms with Gasteiger partial charge in [0.15, 0.2) is 5.65 Å². The van der Waals surface area contributed by atoms with Crippen LogP contribution in [0, 0.1) is 5.92 Å². The van der Waals surface area contributed by atoms with Crippen LogP contribution in [0.3, 0.4) is 0 Å². The monoisotopic (exact) mass is 232 g/mol. The highest BCUT2D eigenvalue weighted by Gasteiger charge is 2.24. The number of hydrogen-bond donors (Lipinski definition) is 1. The summed E-state index contributed by atoms with van der Waals surface area (Å²) < 4.78 is 6.92. The molecule has 88 valence electrons. The molecule has 1 amide bonds. The summed E-state index contributed by atoms with van der Waals surface area (Å²) in [5.41, 5.74) is 0.713. The largest absolute Gasteiger partial charge is 0.381 e. The summed E-state index contributed by atoms with van der Waals surface area (Å²) in [6, 6.07) is 5.58. The fourth-order valence-corrected chi connectivity index (χ4v) is 1.88. The van der Waals surface area contributed by atoms with Crippen LogP contribution in [-0.4, -0.2) is 33.7 Å². The van der Waals surface area contributed by atoms with E-state index >= 15 is 0 Å². The molecule has 1 atom stereocenters. The average molecular weight is 232 g/mol. The fourth-order valence-electron chi connectivity index (χ4n) is 1.88. The molecule has 6 heteroatoms. The van der Waals surface area contributed by atoms with Crippen molar-refractivity contribution < 1.29 is 9.53 Å². The van der Waals surface area contributed by atoms with E-state index in [-0.39, 0.29) is 11.8 Å². The zero-order valence-corrected chi connectivity index (χ0v) is 9.17. The van der Waals surface area contributed by atoms with Crippen LogP contribution >= 0.6 is 0 Å². The minimum absolute atomic E-state index is 0.0550. The number of aromatic nitrogens is 3. The van der Waals surface area contributed by atoms with E-state index < -0.39 is 0 Å². The van der Waals surface area contributed by atoms with Gasteiger partial charge in [0.1, 0.15) is 0 Å². The number of amides is 1. The second-order valence-corrected chi connectivity index (χ2v) is 4.00. The van der Waals surface area contributed by atoms with E-state index in [0.29, 0.717) is 24.8 Å². The molecule has 0 saturated carbocycles. The Hall–Kier alpha value is -1.95.